The first-order valence-electron chi connectivity index (χ1n) is 9.80. The maximum Gasteiger partial charge on any atom is 0.257 e. The van der Waals surface area contributed by atoms with Crippen molar-refractivity contribution >= 4 is 29.1 Å². The van der Waals surface area contributed by atoms with Crippen LogP contribution in [0.3, 0.4) is 0 Å². The summed E-state index contributed by atoms with van der Waals surface area (Å²) in [5.74, 6) is 0.709. The van der Waals surface area contributed by atoms with E-state index in [9.17, 15) is 4.79 Å². The molecule has 2 aromatic carbocycles. The van der Waals surface area contributed by atoms with Crippen LogP contribution >= 0.6 is 23.2 Å². The van der Waals surface area contributed by atoms with Crippen molar-refractivity contribution in [1.29, 1.82) is 0 Å². The highest BCUT2D eigenvalue weighted by molar-refractivity contribution is 6.35. The highest BCUT2D eigenvalue weighted by atomic mass is 35.5. The van der Waals surface area contributed by atoms with Crippen molar-refractivity contribution in [3.05, 3.63) is 63.6 Å². The van der Waals surface area contributed by atoms with E-state index in [1.54, 1.807) is 18.2 Å². The van der Waals surface area contributed by atoms with Crippen LogP contribution in [-0.4, -0.2) is 43.4 Å². The van der Waals surface area contributed by atoms with Crippen molar-refractivity contribution in [2.24, 2.45) is 5.92 Å². The number of likely N-dealkylation sites (tertiary alicyclic amines) is 1. The van der Waals surface area contributed by atoms with Gasteiger partial charge in [0.2, 0.25) is 0 Å². The molecule has 1 amide bonds. The number of piperidine rings is 1. The van der Waals surface area contributed by atoms with E-state index in [4.69, 9.17) is 37.4 Å². The van der Waals surface area contributed by atoms with E-state index in [2.05, 4.69) is 0 Å². The molecule has 0 saturated carbocycles. The summed E-state index contributed by atoms with van der Waals surface area (Å²) in [5, 5.41) is 1.11. The predicted molar refractivity (Wildman–Crippen MR) is 112 cm³/mol. The number of benzene rings is 2. The third-order valence-electron chi connectivity index (χ3n) is 5.29. The first-order valence-corrected chi connectivity index (χ1v) is 10.6. The minimum absolute atomic E-state index is 0.0366. The minimum Gasteiger partial charge on any atom is -0.488 e. The van der Waals surface area contributed by atoms with Gasteiger partial charge in [-0.1, -0.05) is 41.4 Å². The van der Waals surface area contributed by atoms with Crippen molar-refractivity contribution in [1.82, 2.24) is 4.90 Å². The second-order valence-electron chi connectivity index (χ2n) is 7.28. The zero-order valence-corrected chi connectivity index (χ0v) is 17.5. The Morgan fingerprint density at radius 1 is 1.14 bits per heavy atom. The summed E-state index contributed by atoms with van der Waals surface area (Å²) in [7, 11) is 0. The average molecular weight is 436 g/mol. The molecule has 29 heavy (non-hydrogen) atoms. The molecule has 2 aliphatic heterocycles. The maximum absolute atomic E-state index is 13.2. The van der Waals surface area contributed by atoms with Gasteiger partial charge in [0.15, 0.2) is 6.29 Å². The zero-order chi connectivity index (χ0) is 20.2. The largest absolute Gasteiger partial charge is 0.488 e. The highest BCUT2D eigenvalue weighted by Crippen LogP contribution is 2.29. The van der Waals surface area contributed by atoms with Crippen molar-refractivity contribution in [2.75, 3.05) is 26.3 Å². The van der Waals surface area contributed by atoms with Gasteiger partial charge < -0.3 is 19.1 Å². The fourth-order valence-corrected chi connectivity index (χ4v) is 4.26. The van der Waals surface area contributed by atoms with Crippen molar-refractivity contribution < 1.29 is 19.0 Å². The molecule has 0 spiro atoms. The van der Waals surface area contributed by atoms with Crippen molar-refractivity contribution in [3.8, 4) is 5.75 Å². The number of rotatable bonds is 5. The van der Waals surface area contributed by atoms with Gasteiger partial charge in [-0.3, -0.25) is 4.79 Å². The zero-order valence-electron chi connectivity index (χ0n) is 16.0. The van der Waals surface area contributed by atoms with E-state index in [-0.39, 0.29) is 24.7 Å². The Morgan fingerprint density at radius 2 is 1.93 bits per heavy atom. The fourth-order valence-electron chi connectivity index (χ4n) is 3.80. The molecule has 1 atom stereocenters. The molecule has 0 radical (unpaired) electrons. The Hall–Kier alpha value is -1.79. The first kappa shape index (κ1) is 20.5. The summed E-state index contributed by atoms with van der Waals surface area (Å²) < 4.78 is 17.3. The minimum atomic E-state index is -0.204. The van der Waals surface area contributed by atoms with Gasteiger partial charge in [0.25, 0.3) is 5.91 Å². The van der Waals surface area contributed by atoms with Gasteiger partial charge in [-0.2, -0.15) is 0 Å². The molecule has 2 heterocycles. The van der Waals surface area contributed by atoms with Gasteiger partial charge >= 0.3 is 0 Å². The van der Waals surface area contributed by atoms with Crippen LogP contribution in [0.25, 0.3) is 0 Å². The fraction of sp³-hybridized carbons (Fsp3) is 0.409. The Bertz CT molecular complexity index is 870. The van der Waals surface area contributed by atoms with Gasteiger partial charge in [0, 0.05) is 34.6 Å². The van der Waals surface area contributed by atoms with Crippen LogP contribution in [0.4, 0.5) is 0 Å². The van der Waals surface area contributed by atoms with Gasteiger partial charge in [0.1, 0.15) is 12.4 Å². The normalized spacial score (nSPS) is 20.1. The molecular formula is C22H23Cl2NO4. The van der Waals surface area contributed by atoms with Crippen LogP contribution in [0.15, 0.2) is 42.5 Å². The lowest BCUT2D eigenvalue weighted by Crippen LogP contribution is -2.43. The number of ether oxygens (including phenoxy) is 3. The molecule has 2 saturated heterocycles. The van der Waals surface area contributed by atoms with Gasteiger partial charge in [-0.25, -0.2) is 0 Å². The van der Waals surface area contributed by atoms with Crippen LogP contribution in [-0.2, 0) is 16.1 Å². The lowest BCUT2D eigenvalue weighted by Gasteiger charge is -2.35. The van der Waals surface area contributed by atoms with Crippen LogP contribution < -0.4 is 4.74 Å². The molecule has 1 unspecified atom stereocenters. The molecule has 4 rings (SSSR count). The molecule has 0 N–H and O–H groups in total. The number of hydrogen-bond acceptors (Lipinski definition) is 4. The molecule has 0 aromatic heterocycles. The average Bonchev–Trinajstić information content (AvgIpc) is 3.28. The quantitative estimate of drug-likeness (QED) is 0.676. The number of carbonyl (C=O) groups is 1. The number of amides is 1. The Kier molecular flexibility index (Phi) is 6.60. The van der Waals surface area contributed by atoms with Crippen molar-refractivity contribution in [3.63, 3.8) is 0 Å². The molecule has 2 aromatic rings. The maximum atomic E-state index is 13.2. The Balaban J connectivity index is 1.46. The first-order chi connectivity index (χ1) is 14.1. The molecule has 154 valence electrons. The summed E-state index contributed by atoms with van der Waals surface area (Å²) in [5.41, 5.74) is 1.36. The topological polar surface area (TPSA) is 48.0 Å². The van der Waals surface area contributed by atoms with Crippen LogP contribution in [0.5, 0.6) is 5.75 Å². The summed E-state index contributed by atoms with van der Waals surface area (Å²) in [6.07, 6.45) is 1.73. The van der Waals surface area contributed by atoms with E-state index in [1.165, 1.54) is 0 Å². The summed E-state index contributed by atoms with van der Waals surface area (Å²) in [4.78, 5) is 15.1. The summed E-state index contributed by atoms with van der Waals surface area (Å²) in [6, 6.07) is 12.6. The van der Waals surface area contributed by atoms with Crippen molar-refractivity contribution in [2.45, 2.75) is 25.7 Å². The smallest absolute Gasteiger partial charge is 0.257 e. The van der Waals surface area contributed by atoms with E-state index in [1.807, 2.05) is 29.2 Å². The van der Waals surface area contributed by atoms with Crippen LogP contribution in [0.1, 0.15) is 28.8 Å². The lowest BCUT2D eigenvalue weighted by atomic mass is 9.96. The van der Waals surface area contributed by atoms with E-state index in [0.717, 1.165) is 24.9 Å². The molecule has 7 heteroatoms. The van der Waals surface area contributed by atoms with E-state index in [0.29, 0.717) is 41.1 Å². The third-order valence-corrected chi connectivity index (χ3v) is 5.88. The molecule has 0 bridgehead atoms. The van der Waals surface area contributed by atoms with Gasteiger partial charge in [-0.05, 0) is 37.1 Å². The number of carbonyl (C=O) groups excluding carboxylic acids is 1. The Labute approximate surface area is 180 Å². The number of para-hydroxylation sites is 1. The third kappa shape index (κ3) is 4.86. The monoisotopic (exact) mass is 435 g/mol. The van der Waals surface area contributed by atoms with Gasteiger partial charge in [-0.15, -0.1) is 0 Å². The van der Waals surface area contributed by atoms with Gasteiger partial charge in [0.05, 0.1) is 18.8 Å². The predicted octanol–water partition coefficient (Wildman–Crippen LogP) is 4.80. The standard InChI is InChI=1S/C22H23Cl2NO4/c23-17-8-7-16(19(24)12-17)14-29-20-6-2-1-5-18(20)21(26)25-9-3-4-15(13-25)22-27-10-11-28-22/h1-2,5-8,12,15,22H,3-4,9-11,13-14H2. The van der Waals surface area contributed by atoms with E-state index < -0.39 is 0 Å². The molecule has 5 nitrogen and oxygen atoms in total. The SMILES string of the molecule is O=C(c1ccccc1OCc1ccc(Cl)cc1Cl)N1CCCC(C2OCCO2)C1. The highest BCUT2D eigenvalue weighted by Gasteiger charge is 2.33. The second-order valence-corrected chi connectivity index (χ2v) is 8.13. The lowest BCUT2D eigenvalue weighted by molar-refractivity contribution is -0.0969. The molecule has 2 aliphatic rings. The van der Waals surface area contributed by atoms with Crippen LogP contribution in [0, 0.1) is 5.92 Å². The number of halogens is 2. The number of hydrogen-bond donors (Lipinski definition) is 0. The second kappa shape index (κ2) is 9.35. The summed E-state index contributed by atoms with van der Waals surface area (Å²) in [6.45, 7) is 2.85. The molecular weight excluding hydrogens is 413 g/mol. The number of nitrogens with zero attached hydrogens (tertiary/aromatic N) is 1. The molecule has 2 fully saturated rings. The van der Waals surface area contributed by atoms with E-state index >= 15 is 0 Å². The molecule has 0 aliphatic carbocycles. The van der Waals surface area contributed by atoms with Crippen LogP contribution in [0.2, 0.25) is 10.0 Å². The Morgan fingerprint density at radius 3 is 2.72 bits per heavy atom. The summed E-state index contributed by atoms with van der Waals surface area (Å²) >= 11 is 12.2.